The van der Waals surface area contributed by atoms with Gasteiger partial charge in [-0.1, -0.05) is 18.2 Å². The maximum absolute atomic E-state index is 12.5. The lowest BCUT2D eigenvalue weighted by atomic mass is 10.2. The first-order valence-corrected chi connectivity index (χ1v) is 4.66. The van der Waals surface area contributed by atoms with Crippen molar-refractivity contribution in [2.45, 2.75) is 11.4 Å². The molecular weight excluding hydrogens is 181 g/mol. The van der Waals surface area contributed by atoms with Gasteiger partial charge in [-0.25, -0.2) is 0 Å². The first kappa shape index (κ1) is 9.15. The first-order chi connectivity index (χ1) is 5.55. The van der Waals surface area contributed by atoms with Crippen molar-refractivity contribution in [3.8, 4) is 0 Å². The molecule has 1 rings (SSSR count). The van der Waals surface area contributed by atoms with Gasteiger partial charge >= 0.3 is 10.2 Å². The van der Waals surface area contributed by atoms with Crippen LogP contribution in [0.4, 0.5) is 3.89 Å². The number of nitrogens with two attached hydrogens (primary N) is 1. The minimum Gasteiger partial charge on any atom is -0.326 e. The second kappa shape index (κ2) is 3.20. The highest BCUT2D eigenvalue weighted by molar-refractivity contribution is 7.86. The Balaban J connectivity index is 3.33. The molecule has 0 radical (unpaired) electrons. The van der Waals surface area contributed by atoms with Crippen molar-refractivity contribution in [2.24, 2.45) is 5.73 Å². The molecule has 0 saturated carbocycles. The van der Waals surface area contributed by atoms with Crippen molar-refractivity contribution < 1.29 is 12.3 Å². The van der Waals surface area contributed by atoms with E-state index >= 15 is 0 Å². The standard InChI is InChI=1S/C7H8FNO2S/c8-12(10,11)7-4-2-1-3-6(7)5-9/h1-4H,5,9H2. The third kappa shape index (κ3) is 1.80. The lowest BCUT2D eigenvalue weighted by Crippen LogP contribution is -2.03. The first-order valence-electron chi connectivity index (χ1n) is 3.28. The molecule has 0 unspecified atom stereocenters. The molecule has 3 nitrogen and oxygen atoms in total. The Kier molecular flexibility index (Phi) is 2.44. The molecule has 0 aliphatic rings. The van der Waals surface area contributed by atoms with Gasteiger partial charge in [0.25, 0.3) is 0 Å². The van der Waals surface area contributed by atoms with E-state index in [4.69, 9.17) is 5.73 Å². The van der Waals surface area contributed by atoms with E-state index in [1.807, 2.05) is 0 Å². The van der Waals surface area contributed by atoms with Gasteiger partial charge in [0.05, 0.1) is 0 Å². The second-order valence-electron chi connectivity index (χ2n) is 2.25. The Labute approximate surface area is 70.2 Å². The van der Waals surface area contributed by atoms with E-state index < -0.39 is 10.2 Å². The molecule has 0 bridgehead atoms. The van der Waals surface area contributed by atoms with Crippen molar-refractivity contribution in [3.05, 3.63) is 29.8 Å². The van der Waals surface area contributed by atoms with Crippen LogP contribution in [0.5, 0.6) is 0 Å². The molecular formula is C7H8FNO2S. The Morgan fingerprint density at radius 2 is 1.92 bits per heavy atom. The molecule has 0 aliphatic carbocycles. The van der Waals surface area contributed by atoms with E-state index in [1.165, 1.54) is 18.2 Å². The molecule has 0 fully saturated rings. The van der Waals surface area contributed by atoms with Gasteiger partial charge in [0.15, 0.2) is 0 Å². The van der Waals surface area contributed by atoms with Gasteiger partial charge in [-0.3, -0.25) is 0 Å². The summed E-state index contributed by atoms with van der Waals surface area (Å²) in [4.78, 5) is -0.340. The monoisotopic (exact) mass is 189 g/mol. The molecule has 0 amide bonds. The average Bonchev–Trinajstić information content (AvgIpc) is 2.03. The minimum atomic E-state index is -4.63. The van der Waals surface area contributed by atoms with Crippen molar-refractivity contribution in [1.82, 2.24) is 0 Å². The Morgan fingerprint density at radius 3 is 2.33 bits per heavy atom. The zero-order valence-corrected chi connectivity index (χ0v) is 7.01. The molecule has 0 aromatic heterocycles. The zero-order chi connectivity index (χ0) is 9.19. The third-order valence-corrected chi connectivity index (χ3v) is 2.38. The normalized spacial score (nSPS) is 11.5. The van der Waals surface area contributed by atoms with Crippen molar-refractivity contribution >= 4 is 10.2 Å². The molecule has 0 atom stereocenters. The van der Waals surface area contributed by atoms with Gasteiger partial charge in [0, 0.05) is 6.54 Å². The van der Waals surface area contributed by atoms with E-state index in [0.29, 0.717) is 5.56 Å². The summed E-state index contributed by atoms with van der Waals surface area (Å²) < 4.78 is 33.5. The summed E-state index contributed by atoms with van der Waals surface area (Å²) >= 11 is 0. The number of hydrogen-bond acceptors (Lipinski definition) is 3. The van der Waals surface area contributed by atoms with Crippen LogP contribution in [-0.4, -0.2) is 8.42 Å². The van der Waals surface area contributed by atoms with Gasteiger partial charge in [-0.15, -0.1) is 3.89 Å². The molecule has 66 valence electrons. The predicted octanol–water partition coefficient (Wildman–Crippen LogP) is 0.804. The van der Waals surface area contributed by atoms with Crippen LogP contribution in [0.15, 0.2) is 29.2 Å². The SMILES string of the molecule is NCc1ccccc1S(=O)(=O)F. The van der Waals surface area contributed by atoms with Gasteiger partial charge in [0.2, 0.25) is 0 Å². The van der Waals surface area contributed by atoms with Gasteiger partial charge in [-0.2, -0.15) is 8.42 Å². The van der Waals surface area contributed by atoms with Gasteiger partial charge in [-0.05, 0) is 11.6 Å². The fourth-order valence-corrected chi connectivity index (χ4v) is 1.62. The largest absolute Gasteiger partial charge is 0.332 e. The highest BCUT2D eigenvalue weighted by atomic mass is 32.3. The maximum atomic E-state index is 12.5. The smallest absolute Gasteiger partial charge is 0.326 e. The van der Waals surface area contributed by atoms with Crippen LogP contribution in [-0.2, 0) is 16.8 Å². The van der Waals surface area contributed by atoms with E-state index in [2.05, 4.69) is 0 Å². The predicted molar refractivity (Wildman–Crippen MR) is 42.6 cm³/mol. The molecule has 12 heavy (non-hydrogen) atoms. The topological polar surface area (TPSA) is 60.2 Å². The lowest BCUT2D eigenvalue weighted by molar-refractivity contribution is 0.551. The van der Waals surface area contributed by atoms with Crippen molar-refractivity contribution in [2.75, 3.05) is 0 Å². The van der Waals surface area contributed by atoms with Gasteiger partial charge in [0.1, 0.15) is 4.90 Å². The fraction of sp³-hybridized carbons (Fsp3) is 0.143. The maximum Gasteiger partial charge on any atom is 0.332 e. The van der Waals surface area contributed by atoms with Crippen LogP contribution < -0.4 is 5.73 Å². The number of rotatable bonds is 2. The van der Waals surface area contributed by atoms with Crippen LogP contribution in [0.25, 0.3) is 0 Å². The van der Waals surface area contributed by atoms with E-state index in [0.717, 1.165) is 0 Å². The van der Waals surface area contributed by atoms with E-state index in [-0.39, 0.29) is 11.4 Å². The van der Waals surface area contributed by atoms with Crippen LogP contribution in [0.1, 0.15) is 5.56 Å². The zero-order valence-electron chi connectivity index (χ0n) is 6.20. The van der Waals surface area contributed by atoms with Crippen molar-refractivity contribution in [3.63, 3.8) is 0 Å². The van der Waals surface area contributed by atoms with E-state index in [1.54, 1.807) is 6.07 Å². The fourth-order valence-electron chi connectivity index (χ4n) is 0.910. The minimum absolute atomic E-state index is 0.0132. The van der Waals surface area contributed by atoms with Crippen LogP contribution >= 0.6 is 0 Å². The van der Waals surface area contributed by atoms with Gasteiger partial charge < -0.3 is 5.73 Å². The number of hydrogen-bond donors (Lipinski definition) is 1. The molecule has 0 spiro atoms. The molecule has 5 heteroatoms. The van der Waals surface area contributed by atoms with Crippen LogP contribution in [0, 0.1) is 0 Å². The molecule has 0 saturated heterocycles. The molecule has 2 N–H and O–H groups in total. The summed E-state index contributed by atoms with van der Waals surface area (Å²) in [5.74, 6) is 0. The van der Waals surface area contributed by atoms with Crippen LogP contribution in [0.3, 0.4) is 0 Å². The average molecular weight is 189 g/mol. The summed E-state index contributed by atoms with van der Waals surface area (Å²) in [6.07, 6.45) is 0. The molecule has 1 aromatic rings. The third-order valence-electron chi connectivity index (χ3n) is 1.46. The van der Waals surface area contributed by atoms with Crippen LogP contribution in [0.2, 0.25) is 0 Å². The Bertz CT molecular complexity index is 375. The molecule has 0 aliphatic heterocycles. The summed E-state index contributed by atoms with van der Waals surface area (Å²) in [6.45, 7) is 0.0132. The Morgan fingerprint density at radius 1 is 1.33 bits per heavy atom. The summed E-state index contributed by atoms with van der Waals surface area (Å²) in [5, 5.41) is 0. The lowest BCUT2D eigenvalue weighted by Gasteiger charge is -2.00. The number of benzene rings is 1. The summed E-state index contributed by atoms with van der Waals surface area (Å²) in [6, 6.07) is 5.73. The van der Waals surface area contributed by atoms with Crippen molar-refractivity contribution in [1.29, 1.82) is 0 Å². The van der Waals surface area contributed by atoms with E-state index in [9.17, 15) is 12.3 Å². The summed E-state index contributed by atoms with van der Waals surface area (Å²) in [7, 11) is -4.63. The second-order valence-corrected chi connectivity index (χ2v) is 3.57. The highest BCUT2D eigenvalue weighted by Crippen LogP contribution is 2.16. The quantitative estimate of drug-likeness (QED) is 0.700. The summed E-state index contributed by atoms with van der Waals surface area (Å²) in [5.41, 5.74) is 5.51. The highest BCUT2D eigenvalue weighted by Gasteiger charge is 2.14. The number of halogens is 1. The Hall–Kier alpha value is -0.940. The molecule has 0 heterocycles. The molecule has 1 aromatic carbocycles.